The fourth-order valence-corrected chi connectivity index (χ4v) is 6.94. The number of carbonyl (C=O) groups excluding carboxylic acids is 1. The lowest BCUT2D eigenvalue weighted by Gasteiger charge is -2.64. The van der Waals surface area contributed by atoms with E-state index in [0.29, 0.717) is 25.0 Å². The van der Waals surface area contributed by atoms with Gasteiger partial charge in [-0.1, -0.05) is 13.0 Å². The Balaban J connectivity index is 1.49. The summed E-state index contributed by atoms with van der Waals surface area (Å²) < 4.78 is 6.42. The zero-order valence-electron chi connectivity index (χ0n) is 17.0. The number of aliphatic hydroxyl groups is 1. The van der Waals surface area contributed by atoms with Crippen LogP contribution in [0.5, 0.6) is 11.5 Å². The van der Waals surface area contributed by atoms with Crippen molar-refractivity contribution in [1.29, 1.82) is 0 Å². The van der Waals surface area contributed by atoms with Crippen LogP contribution in [0, 0.1) is 5.92 Å². The Hall–Kier alpha value is -1.79. The van der Waals surface area contributed by atoms with Gasteiger partial charge in [-0.3, -0.25) is 9.69 Å². The maximum atomic E-state index is 12.3. The highest BCUT2D eigenvalue weighted by Gasteiger charge is 2.73. The molecule has 1 aromatic rings. The van der Waals surface area contributed by atoms with Crippen LogP contribution in [-0.4, -0.2) is 57.9 Å². The molecule has 5 atom stereocenters. The topological polar surface area (TPSA) is 82.0 Å². The summed E-state index contributed by atoms with van der Waals surface area (Å²) in [5, 5.41) is 26.0. The largest absolute Gasteiger partial charge is 0.504 e. The molecule has 6 rings (SSSR count). The lowest BCUT2D eigenvalue weighted by molar-refractivity contribution is -0.192. The third-order valence-electron chi connectivity index (χ3n) is 8.43. The van der Waals surface area contributed by atoms with E-state index in [1.807, 2.05) is 13.0 Å². The molecule has 0 aromatic heterocycles. The second kappa shape index (κ2) is 5.88. The maximum Gasteiger partial charge on any atom is 0.220 e. The second-order valence-corrected chi connectivity index (χ2v) is 9.86. The van der Waals surface area contributed by atoms with Crippen LogP contribution < -0.4 is 10.1 Å². The van der Waals surface area contributed by atoms with E-state index in [1.54, 1.807) is 6.07 Å². The van der Waals surface area contributed by atoms with Crippen molar-refractivity contribution in [2.75, 3.05) is 13.1 Å². The molecule has 2 aliphatic heterocycles. The summed E-state index contributed by atoms with van der Waals surface area (Å²) in [6.45, 7) is 3.87. The Labute approximate surface area is 171 Å². The minimum Gasteiger partial charge on any atom is -0.504 e. The zero-order chi connectivity index (χ0) is 20.0. The number of ether oxygens (including phenoxy) is 1. The number of hydrogen-bond donors (Lipinski definition) is 3. The zero-order valence-corrected chi connectivity index (χ0v) is 17.0. The summed E-state index contributed by atoms with van der Waals surface area (Å²) in [6.07, 6.45) is 5.67. The van der Waals surface area contributed by atoms with E-state index in [2.05, 4.69) is 10.2 Å². The first-order valence-electron chi connectivity index (χ1n) is 11.3. The lowest BCUT2D eigenvalue weighted by atomic mass is 9.48. The molecule has 3 aliphatic carbocycles. The summed E-state index contributed by atoms with van der Waals surface area (Å²) in [4.78, 5) is 14.7. The first kappa shape index (κ1) is 18.0. The Morgan fingerprint density at radius 1 is 1.31 bits per heavy atom. The third-order valence-corrected chi connectivity index (χ3v) is 8.43. The maximum absolute atomic E-state index is 12.3. The predicted octanol–water partition coefficient (Wildman–Crippen LogP) is 1.85. The van der Waals surface area contributed by atoms with Crippen LogP contribution in [0.4, 0.5) is 0 Å². The van der Waals surface area contributed by atoms with Crippen molar-refractivity contribution < 1.29 is 19.7 Å². The van der Waals surface area contributed by atoms with Crippen LogP contribution in [0.2, 0.25) is 0 Å². The van der Waals surface area contributed by atoms with Crippen LogP contribution in [0.1, 0.15) is 56.6 Å². The molecule has 3 fully saturated rings. The molecule has 6 nitrogen and oxygen atoms in total. The number of carbonyl (C=O) groups is 1. The molecule has 1 saturated heterocycles. The van der Waals surface area contributed by atoms with Gasteiger partial charge in [0.1, 0.15) is 6.10 Å². The third kappa shape index (κ3) is 2.22. The van der Waals surface area contributed by atoms with Crippen molar-refractivity contribution in [2.24, 2.45) is 5.92 Å². The number of benzene rings is 1. The molecule has 2 saturated carbocycles. The highest BCUT2D eigenvalue weighted by atomic mass is 16.5. The Morgan fingerprint density at radius 2 is 2.14 bits per heavy atom. The molecule has 1 amide bonds. The van der Waals surface area contributed by atoms with Gasteiger partial charge in [0.15, 0.2) is 11.5 Å². The Morgan fingerprint density at radius 3 is 2.90 bits per heavy atom. The summed E-state index contributed by atoms with van der Waals surface area (Å²) in [7, 11) is 0. The summed E-state index contributed by atoms with van der Waals surface area (Å²) in [6, 6.07) is 3.68. The summed E-state index contributed by atoms with van der Waals surface area (Å²) in [5.41, 5.74) is 0.772. The molecule has 29 heavy (non-hydrogen) atoms. The lowest BCUT2D eigenvalue weighted by Crippen LogP contribution is -2.78. The fraction of sp³-hybridized carbons (Fsp3) is 0.696. The molecule has 6 heteroatoms. The molecule has 1 spiro atoms. The first-order chi connectivity index (χ1) is 14.0. The van der Waals surface area contributed by atoms with Gasteiger partial charge in [-0.25, -0.2) is 0 Å². The minimum atomic E-state index is -0.885. The molecule has 3 N–H and O–H groups in total. The van der Waals surface area contributed by atoms with E-state index >= 15 is 0 Å². The van der Waals surface area contributed by atoms with Crippen molar-refractivity contribution in [1.82, 2.24) is 10.2 Å². The Bertz CT molecular complexity index is 884. The van der Waals surface area contributed by atoms with Crippen LogP contribution >= 0.6 is 0 Å². The molecule has 156 valence electrons. The molecule has 5 aliphatic rings. The Kier molecular flexibility index (Phi) is 3.66. The van der Waals surface area contributed by atoms with E-state index in [9.17, 15) is 15.0 Å². The van der Waals surface area contributed by atoms with Gasteiger partial charge < -0.3 is 20.3 Å². The van der Waals surface area contributed by atoms with E-state index < -0.39 is 11.0 Å². The molecular formula is C23H30N2O4. The van der Waals surface area contributed by atoms with E-state index in [4.69, 9.17) is 4.74 Å². The predicted molar refractivity (Wildman–Crippen MR) is 107 cm³/mol. The molecule has 0 radical (unpaired) electrons. The monoisotopic (exact) mass is 398 g/mol. The van der Waals surface area contributed by atoms with E-state index in [1.165, 1.54) is 18.4 Å². The highest BCUT2D eigenvalue weighted by molar-refractivity contribution is 5.76. The van der Waals surface area contributed by atoms with Gasteiger partial charge in [-0.15, -0.1) is 0 Å². The van der Waals surface area contributed by atoms with Crippen LogP contribution in [0.15, 0.2) is 12.1 Å². The highest BCUT2D eigenvalue weighted by Crippen LogP contribution is 2.65. The minimum absolute atomic E-state index is 0.0133. The number of likely N-dealkylation sites (tertiary alicyclic amines) is 1. The van der Waals surface area contributed by atoms with Crippen molar-refractivity contribution in [3.8, 4) is 11.5 Å². The molecule has 1 aromatic carbocycles. The SMILES string of the molecule is CCC(=O)NC1CC[C@@]2(O)[C@H]3Cc4ccc(O)c5c4[C@@]2(CCN3CC2CC2)C1O5. The normalized spacial score (nSPS) is 39.6. The second-order valence-electron chi connectivity index (χ2n) is 9.86. The van der Waals surface area contributed by atoms with Gasteiger partial charge in [-0.2, -0.15) is 0 Å². The quantitative estimate of drug-likeness (QED) is 0.721. The van der Waals surface area contributed by atoms with Crippen LogP contribution in [0.3, 0.4) is 0 Å². The van der Waals surface area contributed by atoms with Crippen molar-refractivity contribution >= 4 is 5.91 Å². The standard InChI is InChI=1S/C23H30N2O4/c1-2-18(27)24-15-7-8-23(28)17-11-14-5-6-16(26)20-19(14)22(23,21(15)29-20)9-10-25(17)12-13-3-4-13/h5-6,13,15,17,21,26,28H,2-4,7-12H2,1H3,(H,24,27)/t15?,17-,21?,22+,23-/m1/s1. The summed E-state index contributed by atoms with van der Waals surface area (Å²) >= 11 is 0. The number of aromatic hydroxyl groups is 1. The van der Waals surface area contributed by atoms with Crippen LogP contribution in [0.25, 0.3) is 0 Å². The molecule has 2 unspecified atom stereocenters. The first-order valence-corrected chi connectivity index (χ1v) is 11.3. The number of amides is 1. The average molecular weight is 399 g/mol. The van der Waals surface area contributed by atoms with E-state index in [0.717, 1.165) is 37.4 Å². The fourth-order valence-electron chi connectivity index (χ4n) is 6.94. The number of phenolic OH excluding ortho intramolecular Hbond substituents is 1. The van der Waals surface area contributed by atoms with Gasteiger partial charge in [-0.05, 0) is 62.6 Å². The number of rotatable bonds is 4. The average Bonchev–Trinajstić information content (AvgIpc) is 3.44. The van der Waals surface area contributed by atoms with Gasteiger partial charge >= 0.3 is 0 Å². The van der Waals surface area contributed by atoms with Crippen molar-refractivity contribution in [3.63, 3.8) is 0 Å². The smallest absolute Gasteiger partial charge is 0.220 e. The molecular weight excluding hydrogens is 368 g/mol. The summed E-state index contributed by atoms with van der Waals surface area (Å²) in [5.74, 6) is 1.48. The van der Waals surface area contributed by atoms with Gasteiger partial charge in [0.05, 0.1) is 17.1 Å². The molecule has 2 bridgehead atoms. The van der Waals surface area contributed by atoms with Gasteiger partial charge in [0, 0.05) is 24.6 Å². The van der Waals surface area contributed by atoms with Crippen molar-refractivity contribution in [3.05, 3.63) is 23.3 Å². The van der Waals surface area contributed by atoms with Crippen LogP contribution in [-0.2, 0) is 16.6 Å². The number of phenols is 1. The van der Waals surface area contributed by atoms with Gasteiger partial charge in [0.25, 0.3) is 0 Å². The number of piperidine rings is 1. The van der Waals surface area contributed by atoms with Gasteiger partial charge in [0.2, 0.25) is 5.91 Å². The molecule has 2 heterocycles. The number of nitrogens with one attached hydrogen (secondary N) is 1. The van der Waals surface area contributed by atoms with E-state index in [-0.39, 0.29) is 29.8 Å². The number of hydrogen-bond acceptors (Lipinski definition) is 5. The van der Waals surface area contributed by atoms with Crippen molar-refractivity contribution in [2.45, 2.75) is 81.1 Å². The number of nitrogens with zero attached hydrogens (tertiary/aromatic N) is 1.